The molecule has 0 aliphatic heterocycles. The summed E-state index contributed by atoms with van der Waals surface area (Å²) in [5, 5.41) is 0. The van der Waals surface area contributed by atoms with E-state index in [4.69, 9.17) is 16.8 Å². The molecule has 0 saturated heterocycles. The molecule has 0 rings (SSSR count). The normalized spacial score (nSPS) is 13.0. The van der Waals surface area contributed by atoms with E-state index in [1.807, 2.05) is 0 Å². The van der Waals surface area contributed by atoms with E-state index in [-0.39, 0.29) is 0 Å². The fraction of sp³-hybridized carbons (Fsp3) is 1.00. The average molecular weight is 208 g/mol. The van der Waals surface area contributed by atoms with Gasteiger partial charge in [0.05, 0.1) is 0 Å². The molecule has 0 atom stereocenters. The predicted molar refractivity (Wildman–Crippen MR) is 60.3 cm³/mol. The molecule has 0 aromatic carbocycles. The molecule has 0 fully saturated rings. The minimum Gasteiger partial charge on any atom is -0.330 e. The number of rotatable bonds is 5. The van der Waals surface area contributed by atoms with Crippen LogP contribution in [0, 0.1) is 0 Å². The molecule has 74 valence electrons. The van der Waals surface area contributed by atoms with Gasteiger partial charge in [0, 0.05) is 0 Å². The second kappa shape index (κ2) is 5.25. The Morgan fingerprint density at radius 2 is 1.58 bits per heavy atom. The summed E-state index contributed by atoms with van der Waals surface area (Å²) in [7, 11) is -1.53. The van der Waals surface area contributed by atoms with Crippen LogP contribution in [0.25, 0.3) is 0 Å². The van der Waals surface area contributed by atoms with Crippen LogP contribution in [-0.4, -0.2) is 13.9 Å². The van der Waals surface area contributed by atoms with Gasteiger partial charge in [0.1, 0.15) is 0 Å². The van der Waals surface area contributed by atoms with Gasteiger partial charge in [-0.05, 0) is 30.1 Å². The summed E-state index contributed by atoms with van der Waals surface area (Å²) in [6, 6.07) is 1.17. The first-order valence-corrected chi connectivity index (χ1v) is 8.21. The van der Waals surface area contributed by atoms with Crippen molar-refractivity contribution in [1.29, 1.82) is 0 Å². The summed E-state index contributed by atoms with van der Waals surface area (Å²) in [6.07, 6.45) is 1.09. The van der Waals surface area contributed by atoms with E-state index in [1.165, 1.54) is 6.04 Å². The summed E-state index contributed by atoms with van der Waals surface area (Å²) in [5.41, 5.74) is 6.82. The molecule has 0 aromatic heterocycles. The van der Waals surface area contributed by atoms with Crippen molar-refractivity contribution in [1.82, 2.24) is 0 Å². The predicted octanol–water partition coefficient (Wildman–Crippen LogP) is 3.34. The molecule has 0 aliphatic rings. The molecule has 0 spiro atoms. The van der Waals surface area contributed by atoms with Gasteiger partial charge >= 0.3 is 0 Å². The molecule has 0 bridgehead atoms. The fourth-order valence-corrected chi connectivity index (χ4v) is 5.25. The summed E-state index contributed by atoms with van der Waals surface area (Å²) in [5.74, 6) is 0. The molecule has 0 aromatic rings. The van der Waals surface area contributed by atoms with Crippen LogP contribution in [0.15, 0.2) is 0 Å². The van der Waals surface area contributed by atoms with Crippen molar-refractivity contribution in [2.75, 3.05) is 6.54 Å². The van der Waals surface area contributed by atoms with E-state index in [0.29, 0.717) is 11.1 Å². The molecule has 12 heavy (non-hydrogen) atoms. The van der Waals surface area contributed by atoms with Crippen LogP contribution >= 0.6 is 11.1 Å². The number of halogens is 1. The highest BCUT2D eigenvalue weighted by Gasteiger charge is 2.37. The minimum atomic E-state index is -1.53. The maximum atomic E-state index is 6.67. The highest BCUT2D eigenvalue weighted by Crippen LogP contribution is 2.39. The quantitative estimate of drug-likeness (QED) is 0.543. The standard InChI is InChI=1S/C9H22ClNSi/c1-8(2)12(10,9(3)4)7-5-6-11/h8-9H,5-7,11H2,1-4H3. The minimum absolute atomic E-state index is 0.658. The highest BCUT2D eigenvalue weighted by atomic mass is 35.6. The maximum absolute atomic E-state index is 6.67. The van der Waals surface area contributed by atoms with Gasteiger partial charge in [-0.25, -0.2) is 0 Å². The lowest BCUT2D eigenvalue weighted by Crippen LogP contribution is -2.35. The summed E-state index contributed by atoms with van der Waals surface area (Å²) in [4.78, 5) is 0. The molecule has 0 unspecified atom stereocenters. The van der Waals surface area contributed by atoms with Crippen molar-refractivity contribution in [3.63, 3.8) is 0 Å². The first kappa shape index (κ1) is 12.5. The summed E-state index contributed by atoms with van der Waals surface area (Å²) < 4.78 is 0. The Morgan fingerprint density at radius 3 is 1.83 bits per heavy atom. The van der Waals surface area contributed by atoms with Crippen LogP contribution < -0.4 is 5.73 Å². The van der Waals surface area contributed by atoms with Crippen LogP contribution in [0.5, 0.6) is 0 Å². The number of nitrogens with two attached hydrogens (primary N) is 1. The van der Waals surface area contributed by atoms with E-state index in [2.05, 4.69) is 27.7 Å². The SMILES string of the molecule is CC(C)[Si](Cl)(CCCN)C(C)C. The van der Waals surface area contributed by atoms with Crippen molar-refractivity contribution in [3.05, 3.63) is 0 Å². The van der Waals surface area contributed by atoms with E-state index in [9.17, 15) is 0 Å². The molecule has 3 heteroatoms. The van der Waals surface area contributed by atoms with Crippen molar-refractivity contribution in [2.45, 2.75) is 51.2 Å². The first-order chi connectivity index (χ1) is 5.45. The molecular formula is C9H22ClNSi. The van der Waals surface area contributed by atoms with Gasteiger partial charge in [0.15, 0.2) is 7.38 Å². The van der Waals surface area contributed by atoms with Crippen molar-refractivity contribution in [2.24, 2.45) is 5.73 Å². The molecule has 0 saturated carbocycles. The van der Waals surface area contributed by atoms with Gasteiger partial charge in [-0.1, -0.05) is 27.7 Å². The highest BCUT2D eigenvalue weighted by molar-refractivity contribution is 7.21. The second-order valence-corrected chi connectivity index (χ2v) is 10.9. The summed E-state index contributed by atoms with van der Waals surface area (Å²) in [6.45, 7) is 9.76. The van der Waals surface area contributed by atoms with Crippen molar-refractivity contribution in [3.8, 4) is 0 Å². The Balaban J connectivity index is 4.19. The number of hydrogen-bond donors (Lipinski definition) is 1. The lowest BCUT2D eigenvalue weighted by molar-refractivity contribution is 0.847. The largest absolute Gasteiger partial charge is 0.330 e. The maximum Gasteiger partial charge on any atom is 0.161 e. The smallest absolute Gasteiger partial charge is 0.161 e. The molecule has 0 heterocycles. The Labute approximate surface area is 82.4 Å². The lowest BCUT2D eigenvalue weighted by Gasteiger charge is -2.32. The van der Waals surface area contributed by atoms with Crippen LogP contribution in [0.4, 0.5) is 0 Å². The third-order valence-corrected chi connectivity index (χ3v) is 10.8. The molecule has 0 amide bonds. The van der Waals surface area contributed by atoms with Crippen LogP contribution in [0.2, 0.25) is 17.1 Å². The van der Waals surface area contributed by atoms with Crippen LogP contribution in [0.1, 0.15) is 34.1 Å². The Bertz CT molecular complexity index is 118. The molecule has 0 radical (unpaired) electrons. The lowest BCUT2D eigenvalue weighted by atomic mass is 10.5. The zero-order chi connectivity index (χ0) is 9.78. The first-order valence-electron chi connectivity index (χ1n) is 4.84. The zero-order valence-corrected chi connectivity index (χ0v) is 10.5. The van der Waals surface area contributed by atoms with Crippen molar-refractivity contribution >= 4 is 18.5 Å². The molecule has 1 nitrogen and oxygen atoms in total. The van der Waals surface area contributed by atoms with Gasteiger partial charge in [-0.2, -0.15) is 11.1 Å². The van der Waals surface area contributed by atoms with Gasteiger partial charge in [-0.15, -0.1) is 0 Å². The second-order valence-electron chi connectivity index (χ2n) is 4.13. The van der Waals surface area contributed by atoms with Gasteiger partial charge in [0.2, 0.25) is 0 Å². The van der Waals surface area contributed by atoms with Gasteiger partial charge in [0.25, 0.3) is 0 Å². The molecular weight excluding hydrogens is 186 g/mol. The van der Waals surface area contributed by atoms with Crippen LogP contribution in [0.3, 0.4) is 0 Å². The third kappa shape index (κ3) is 3.07. The third-order valence-electron chi connectivity index (χ3n) is 2.68. The topological polar surface area (TPSA) is 26.0 Å². The Hall–Kier alpha value is 0.467. The van der Waals surface area contributed by atoms with Gasteiger partial charge in [-0.3, -0.25) is 0 Å². The average Bonchev–Trinajstić information content (AvgIpc) is 1.99. The van der Waals surface area contributed by atoms with E-state index in [0.717, 1.165) is 13.0 Å². The summed E-state index contributed by atoms with van der Waals surface area (Å²) >= 11 is 6.67. The van der Waals surface area contributed by atoms with Gasteiger partial charge < -0.3 is 5.73 Å². The Kier molecular flexibility index (Phi) is 5.46. The van der Waals surface area contributed by atoms with Crippen LogP contribution in [-0.2, 0) is 0 Å². The molecule has 2 N–H and O–H groups in total. The van der Waals surface area contributed by atoms with E-state index >= 15 is 0 Å². The zero-order valence-electron chi connectivity index (χ0n) is 8.73. The monoisotopic (exact) mass is 207 g/mol. The van der Waals surface area contributed by atoms with Crippen molar-refractivity contribution < 1.29 is 0 Å². The van der Waals surface area contributed by atoms with E-state index in [1.54, 1.807) is 0 Å². The number of hydrogen-bond acceptors (Lipinski definition) is 1. The Morgan fingerprint density at radius 1 is 1.17 bits per heavy atom. The van der Waals surface area contributed by atoms with E-state index < -0.39 is 7.38 Å². The molecule has 0 aliphatic carbocycles. The fourth-order valence-electron chi connectivity index (χ4n) is 1.62.